The molecule has 6 nitrogen and oxygen atoms in total. The van der Waals surface area contributed by atoms with Gasteiger partial charge in [0.1, 0.15) is 17.1 Å². The molecule has 3 atom stereocenters. The van der Waals surface area contributed by atoms with E-state index in [1.807, 2.05) is 25.7 Å². The first kappa shape index (κ1) is 17.7. The monoisotopic (exact) mass is 358 g/mol. The van der Waals surface area contributed by atoms with Crippen LogP contribution >= 0.6 is 0 Å². The van der Waals surface area contributed by atoms with Crippen LogP contribution in [0.25, 0.3) is 0 Å². The topological polar surface area (TPSA) is 61.9 Å². The van der Waals surface area contributed by atoms with Crippen LogP contribution in [0.1, 0.15) is 50.6 Å². The maximum Gasteiger partial charge on any atom is 0.256 e. The third-order valence-electron chi connectivity index (χ3n) is 6.50. The van der Waals surface area contributed by atoms with Crippen LogP contribution in [0.3, 0.4) is 0 Å². The van der Waals surface area contributed by atoms with Gasteiger partial charge in [0.2, 0.25) is 0 Å². The predicted molar refractivity (Wildman–Crippen MR) is 99.9 cm³/mol. The van der Waals surface area contributed by atoms with Crippen molar-refractivity contribution < 1.29 is 9.32 Å². The first-order chi connectivity index (χ1) is 12.3. The smallest absolute Gasteiger partial charge is 0.256 e. The second-order valence-corrected chi connectivity index (χ2v) is 8.79. The van der Waals surface area contributed by atoms with Crippen LogP contribution in [-0.2, 0) is 11.3 Å². The van der Waals surface area contributed by atoms with E-state index >= 15 is 0 Å². The lowest BCUT2D eigenvalue weighted by atomic mass is 9.84. The Hall–Kier alpha value is -1.69. The van der Waals surface area contributed by atoms with Crippen LogP contribution in [0, 0.1) is 31.6 Å². The van der Waals surface area contributed by atoms with Crippen molar-refractivity contribution in [3.8, 4) is 0 Å². The SMILES string of the molecule is CC1=N[C@]2(CC[C@H]3CN(Cc4c(C)noc4C)C[C@H]32)C(=O)N1CC(C)C. The number of amidine groups is 1. The maximum atomic E-state index is 13.3. The number of carbonyl (C=O) groups excluding carboxylic acids is 1. The van der Waals surface area contributed by atoms with Crippen molar-refractivity contribution in [3.63, 3.8) is 0 Å². The van der Waals surface area contributed by atoms with E-state index in [0.29, 0.717) is 17.8 Å². The van der Waals surface area contributed by atoms with E-state index < -0.39 is 5.54 Å². The Morgan fingerprint density at radius 2 is 2.04 bits per heavy atom. The van der Waals surface area contributed by atoms with E-state index in [9.17, 15) is 4.79 Å². The summed E-state index contributed by atoms with van der Waals surface area (Å²) in [7, 11) is 0. The summed E-state index contributed by atoms with van der Waals surface area (Å²) in [5, 5.41) is 4.08. The number of carbonyl (C=O) groups is 1. The van der Waals surface area contributed by atoms with Gasteiger partial charge in [-0.1, -0.05) is 19.0 Å². The minimum Gasteiger partial charge on any atom is -0.361 e. The van der Waals surface area contributed by atoms with Crippen molar-refractivity contribution in [2.24, 2.45) is 22.7 Å². The molecule has 1 aliphatic carbocycles. The number of amides is 1. The molecular formula is C20H30N4O2. The number of fused-ring (bicyclic) bond motifs is 2. The molecule has 1 aromatic rings. The Bertz CT molecular complexity index is 733. The molecule has 6 heteroatoms. The highest BCUT2D eigenvalue weighted by Crippen LogP contribution is 2.50. The van der Waals surface area contributed by atoms with Gasteiger partial charge in [-0.25, -0.2) is 0 Å². The van der Waals surface area contributed by atoms with E-state index in [1.165, 1.54) is 5.56 Å². The first-order valence-corrected chi connectivity index (χ1v) is 9.84. The lowest BCUT2D eigenvalue weighted by Crippen LogP contribution is -2.47. The van der Waals surface area contributed by atoms with Gasteiger partial charge in [0.05, 0.1) is 5.69 Å². The van der Waals surface area contributed by atoms with Gasteiger partial charge >= 0.3 is 0 Å². The number of nitrogens with zero attached hydrogens (tertiary/aromatic N) is 4. The molecule has 2 aliphatic heterocycles. The summed E-state index contributed by atoms with van der Waals surface area (Å²) >= 11 is 0. The molecular weight excluding hydrogens is 328 g/mol. The molecule has 3 heterocycles. The normalized spacial score (nSPS) is 31.5. The number of hydrogen-bond donors (Lipinski definition) is 0. The van der Waals surface area contributed by atoms with Gasteiger partial charge in [0, 0.05) is 37.7 Å². The van der Waals surface area contributed by atoms with Gasteiger partial charge in [0.15, 0.2) is 0 Å². The van der Waals surface area contributed by atoms with E-state index in [2.05, 4.69) is 23.9 Å². The average Bonchev–Trinajstić information content (AvgIpc) is 3.27. The molecule has 4 rings (SSSR count). The minimum atomic E-state index is -0.503. The molecule has 1 saturated carbocycles. The molecule has 1 spiro atoms. The number of aliphatic imine (C=N–C) groups is 1. The Kier molecular flexibility index (Phi) is 4.21. The number of aryl methyl sites for hydroxylation is 2. The minimum absolute atomic E-state index is 0.246. The first-order valence-electron chi connectivity index (χ1n) is 9.84. The Morgan fingerprint density at radius 3 is 2.69 bits per heavy atom. The Morgan fingerprint density at radius 1 is 1.27 bits per heavy atom. The molecule has 0 radical (unpaired) electrons. The van der Waals surface area contributed by atoms with Crippen LogP contribution in [0.15, 0.2) is 9.52 Å². The van der Waals surface area contributed by atoms with Crippen molar-refractivity contribution >= 4 is 11.7 Å². The van der Waals surface area contributed by atoms with Gasteiger partial charge in [-0.15, -0.1) is 0 Å². The molecule has 3 aliphatic rings. The standard InChI is InChI=1S/C20H30N4O2/c1-12(2)8-24-15(5)21-20(19(24)25)7-6-16-9-23(11-18(16)20)10-17-13(3)22-26-14(17)4/h12,16,18H,6-11H2,1-5H3/t16-,18+,20-/m0/s1. The van der Waals surface area contributed by atoms with Gasteiger partial charge in [0.25, 0.3) is 5.91 Å². The highest BCUT2D eigenvalue weighted by molar-refractivity contribution is 6.07. The number of aromatic nitrogens is 1. The number of rotatable bonds is 4. The van der Waals surface area contributed by atoms with Crippen LogP contribution in [-0.4, -0.2) is 51.9 Å². The van der Waals surface area contributed by atoms with Crippen molar-refractivity contribution in [2.75, 3.05) is 19.6 Å². The Labute approximate surface area is 155 Å². The quantitative estimate of drug-likeness (QED) is 0.830. The summed E-state index contributed by atoms with van der Waals surface area (Å²) in [4.78, 5) is 22.7. The highest BCUT2D eigenvalue weighted by Gasteiger charge is 2.60. The van der Waals surface area contributed by atoms with Crippen LogP contribution in [0.2, 0.25) is 0 Å². The highest BCUT2D eigenvalue weighted by atomic mass is 16.5. The van der Waals surface area contributed by atoms with Crippen molar-refractivity contribution in [1.82, 2.24) is 15.0 Å². The molecule has 1 saturated heterocycles. The second kappa shape index (κ2) is 6.19. The molecule has 0 bridgehead atoms. The summed E-state index contributed by atoms with van der Waals surface area (Å²) in [6.07, 6.45) is 2.01. The third-order valence-corrected chi connectivity index (χ3v) is 6.50. The molecule has 0 unspecified atom stereocenters. The number of likely N-dealkylation sites (tertiary alicyclic amines) is 1. The molecule has 26 heavy (non-hydrogen) atoms. The number of hydrogen-bond acceptors (Lipinski definition) is 5. The molecule has 1 amide bonds. The third kappa shape index (κ3) is 2.61. The molecule has 1 aromatic heterocycles. The fraction of sp³-hybridized carbons (Fsp3) is 0.750. The lowest BCUT2D eigenvalue weighted by Gasteiger charge is -2.28. The van der Waals surface area contributed by atoms with Gasteiger partial charge in [-0.05, 0) is 45.4 Å². The molecule has 0 N–H and O–H groups in total. The average molecular weight is 358 g/mol. The summed E-state index contributed by atoms with van der Waals surface area (Å²) in [5.41, 5.74) is 1.66. The van der Waals surface area contributed by atoms with E-state index in [4.69, 9.17) is 9.52 Å². The van der Waals surface area contributed by atoms with Gasteiger partial charge in [-0.2, -0.15) is 0 Å². The lowest BCUT2D eigenvalue weighted by molar-refractivity contribution is -0.132. The van der Waals surface area contributed by atoms with Crippen molar-refractivity contribution in [1.29, 1.82) is 0 Å². The second-order valence-electron chi connectivity index (χ2n) is 8.79. The maximum absolute atomic E-state index is 13.3. The van der Waals surface area contributed by atoms with Gasteiger partial charge < -0.3 is 4.52 Å². The molecule has 142 valence electrons. The van der Waals surface area contributed by atoms with Gasteiger partial charge in [-0.3, -0.25) is 19.6 Å². The summed E-state index contributed by atoms with van der Waals surface area (Å²) in [6.45, 7) is 13.9. The zero-order valence-electron chi connectivity index (χ0n) is 16.6. The largest absolute Gasteiger partial charge is 0.361 e. The Balaban J connectivity index is 1.53. The summed E-state index contributed by atoms with van der Waals surface area (Å²) < 4.78 is 5.32. The van der Waals surface area contributed by atoms with Crippen LogP contribution < -0.4 is 0 Å². The van der Waals surface area contributed by atoms with Crippen LogP contribution in [0.5, 0.6) is 0 Å². The molecule has 2 fully saturated rings. The zero-order chi connectivity index (χ0) is 18.6. The summed E-state index contributed by atoms with van der Waals surface area (Å²) in [5.74, 6) is 3.42. The van der Waals surface area contributed by atoms with Crippen molar-refractivity contribution in [2.45, 2.75) is 59.5 Å². The molecule has 0 aromatic carbocycles. The van der Waals surface area contributed by atoms with E-state index in [0.717, 1.165) is 56.3 Å². The van der Waals surface area contributed by atoms with Crippen molar-refractivity contribution in [3.05, 3.63) is 17.0 Å². The summed E-state index contributed by atoms with van der Waals surface area (Å²) in [6, 6.07) is 0. The fourth-order valence-corrected chi connectivity index (χ4v) is 5.23. The van der Waals surface area contributed by atoms with E-state index in [1.54, 1.807) is 0 Å². The fourth-order valence-electron chi connectivity index (χ4n) is 5.23. The predicted octanol–water partition coefficient (Wildman–Crippen LogP) is 2.79. The zero-order valence-corrected chi connectivity index (χ0v) is 16.6. The van der Waals surface area contributed by atoms with E-state index in [-0.39, 0.29) is 5.91 Å². The van der Waals surface area contributed by atoms with Crippen LogP contribution in [0.4, 0.5) is 0 Å².